The van der Waals surface area contributed by atoms with Crippen LogP contribution >= 0.6 is 12.2 Å². The number of hydrogen-bond donors (Lipinski definition) is 1. The van der Waals surface area contributed by atoms with Crippen molar-refractivity contribution in [2.45, 2.75) is 13.0 Å². The van der Waals surface area contributed by atoms with Crippen molar-refractivity contribution in [1.29, 1.82) is 0 Å². The van der Waals surface area contributed by atoms with Crippen molar-refractivity contribution < 1.29 is 4.74 Å². The summed E-state index contributed by atoms with van der Waals surface area (Å²) >= 11 is 5.71. The van der Waals surface area contributed by atoms with Gasteiger partial charge in [-0.25, -0.2) is 0 Å². The van der Waals surface area contributed by atoms with E-state index in [-0.39, 0.29) is 0 Å². The van der Waals surface area contributed by atoms with Crippen LogP contribution in [0.15, 0.2) is 54.9 Å². The summed E-state index contributed by atoms with van der Waals surface area (Å²) in [5.41, 5.74) is 2.54. The van der Waals surface area contributed by atoms with Crippen molar-refractivity contribution in [3.63, 3.8) is 0 Å². The summed E-state index contributed by atoms with van der Waals surface area (Å²) in [5, 5.41) is 4.25. The van der Waals surface area contributed by atoms with Gasteiger partial charge in [0.25, 0.3) is 0 Å². The lowest BCUT2D eigenvalue weighted by Crippen LogP contribution is -2.46. The van der Waals surface area contributed by atoms with Crippen LogP contribution in [0.1, 0.15) is 11.1 Å². The number of thiocarbonyl (C=S) groups is 1. The quantitative estimate of drug-likeness (QED) is 0.705. The van der Waals surface area contributed by atoms with Gasteiger partial charge in [0.05, 0.1) is 13.2 Å². The third-order valence-corrected chi connectivity index (χ3v) is 5.14. The molecule has 2 aromatic rings. The lowest BCUT2D eigenvalue weighted by molar-refractivity contribution is 0.0357. The van der Waals surface area contributed by atoms with Crippen LogP contribution in [-0.2, 0) is 17.7 Å². The summed E-state index contributed by atoms with van der Waals surface area (Å²) in [5.74, 6) is 0. The third-order valence-electron chi connectivity index (χ3n) is 4.73. The van der Waals surface area contributed by atoms with E-state index in [0.29, 0.717) is 0 Å². The average molecular weight is 385 g/mol. The summed E-state index contributed by atoms with van der Waals surface area (Å²) in [6.45, 7) is 7.18. The second-order valence-electron chi connectivity index (χ2n) is 6.70. The van der Waals surface area contributed by atoms with Gasteiger partial charge in [-0.1, -0.05) is 30.3 Å². The molecule has 1 aliphatic heterocycles. The van der Waals surface area contributed by atoms with E-state index in [1.807, 2.05) is 30.6 Å². The Balaban J connectivity index is 1.53. The second kappa shape index (κ2) is 11.0. The van der Waals surface area contributed by atoms with Crippen molar-refractivity contribution >= 4 is 17.3 Å². The Bertz CT molecular complexity index is 677. The summed E-state index contributed by atoms with van der Waals surface area (Å²) < 4.78 is 5.44. The van der Waals surface area contributed by atoms with E-state index in [1.165, 1.54) is 11.1 Å². The zero-order chi connectivity index (χ0) is 18.7. The maximum Gasteiger partial charge on any atom is 0.169 e. The summed E-state index contributed by atoms with van der Waals surface area (Å²) in [4.78, 5) is 8.81. The molecule has 27 heavy (non-hydrogen) atoms. The Morgan fingerprint density at radius 3 is 2.56 bits per heavy atom. The molecule has 0 unspecified atom stereocenters. The van der Waals surface area contributed by atoms with Crippen molar-refractivity contribution in [3.05, 3.63) is 66.0 Å². The zero-order valence-corrected chi connectivity index (χ0v) is 16.5. The number of pyridine rings is 1. The summed E-state index contributed by atoms with van der Waals surface area (Å²) in [6, 6.07) is 14.6. The molecule has 0 radical (unpaired) electrons. The summed E-state index contributed by atoms with van der Waals surface area (Å²) in [7, 11) is 0. The largest absolute Gasteiger partial charge is 0.379 e. The van der Waals surface area contributed by atoms with Crippen LogP contribution in [-0.4, -0.2) is 65.8 Å². The highest BCUT2D eigenvalue weighted by atomic mass is 32.1. The van der Waals surface area contributed by atoms with Crippen molar-refractivity contribution in [2.24, 2.45) is 0 Å². The Labute approximate surface area is 167 Å². The maximum absolute atomic E-state index is 5.71. The zero-order valence-electron chi connectivity index (χ0n) is 15.7. The third kappa shape index (κ3) is 6.90. The van der Waals surface area contributed by atoms with Gasteiger partial charge in [-0.15, -0.1) is 0 Å². The first-order chi connectivity index (χ1) is 13.3. The molecule has 0 atom stereocenters. The molecule has 1 N–H and O–H groups in total. The number of benzene rings is 1. The molecule has 6 heteroatoms. The van der Waals surface area contributed by atoms with Crippen LogP contribution in [0.3, 0.4) is 0 Å². The van der Waals surface area contributed by atoms with E-state index in [4.69, 9.17) is 17.0 Å². The summed E-state index contributed by atoms with van der Waals surface area (Å²) in [6.07, 6.45) is 4.64. The minimum absolute atomic E-state index is 0.796. The van der Waals surface area contributed by atoms with Crippen molar-refractivity contribution in [1.82, 2.24) is 20.1 Å². The highest BCUT2D eigenvalue weighted by Crippen LogP contribution is 2.06. The molecule has 1 aliphatic rings. The number of nitrogens with zero attached hydrogens (tertiary/aromatic N) is 3. The smallest absolute Gasteiger partial charge is 0.169 e. The van der Waals surface area contributed by atoms with Crippen LogP contribution in [0, 0.1) is 0 Å². The fourth-order valence-corrected chi connectivity index (χ4v) is 3.38. The first kappa shape index (κ1) is 19.7. The fourth-order valence-electron chi connectivity index (χ4n) is 3.12. The molecule has 0 saturated carbocycles. The number of ether oxygens (including phenoxy) is 1. The normalized spacial score (nSPS) is 14.7. The van der Waals surface area contributed by atoms with E-state index >= 15 is 0 Å². The molecule has 0 aliphatic carbocycles. The first-order valence-electron chi connectivity index (χ1n) is 9.57. The van der Waals surface area contributed by atoms with E-state index in [2.05, 4.69) is 44.4 Å². The van der Waals surface area contributed by atoms with Gasteiger partial charge in [0, 0.05) is 51.7 Å². The highest BCUT2D eigenvalue weighted by Gasteiger charge is 2.15. The van der Waals surface area contributed by atoms with Gasteiger partial charge in [0.2, 0.25) is 0 Å². The van der Waals surface area contributed by atoms with Crippen LogP contribution < -0.4 is 5.32 Å². The number of morpholine rings is 1. The van der Waals surface area contributed by atoms with Gasteiger partial charge in [0.15, 0.2) is 5.11 Å². The topological polar surface area (TPSA) is 40.6 Å². The molecule has 1 aromatic carbocycles. The lowest BCUT2D eigenvalue weighted by Gasteiger charge is -2.31. The molecule has 0 bridgehead atoms. The Kier molecular flexibility index (Phi) is 8.02. The number of hydrogen-bond acceptors (Lipinski definition) is 4. The first-order valence-corrected chi connectivity index (χ1v) is 9.98. The highest BCUT2D eigenvalue weighted by molar-refractivity contribution is 7.80. The molecular formula is C21H28N4OS. The average Bonchev–Trinajstić information content (AvgIpc) is 2.73. The van der Waals surface area contributed by atoms with Gasteiger partial charge in [-0.2, -0.15) is 0 Å². The van der Waals surface area contributed by atoms with Crippen LogP contribution in [0.4, 0.5) is 0 Å². The van der Waals surface area contributed by atoms with Crippen LogP contribution in [0.25, 0.3) is 0 Å². The Morgan fingerprint density at radius 1 is 1.07 bits per heavy atom. The van der Waals surface area contributed by atoms with E-state index in [9.17, 15) is 0 Å². The molecule has 2 heterocycles. The predicted molar refractivity (Wildman–Crippen MR) is 113 cm³/mol. The van der Waals surface area contributed by atoms with Gasteiger partial charge < -0.3 is 15.0 Å². The molecular weight excluding hydrogens is 356 g/mol. The predicted octanol–water partition coefficient (Wildman–Crippen LogP) is 2.33. The molecule has 5 nitrogen and oxygen atoms in total. The van der Waals surface area contributed by atoms with Gasteiger partial charge in [-0.3, -0.25) is 9.88 Å². The van der Waals surface area contributed by atoms with Crippen molar-refractivity contribution in [2.75, 3.05) is 45.9 Å². The Hall–Kier alpha value is -2.02. The molecule has 3 rings (SSSR count). The van der Waals surface area contributed by atoms with E-state index < -0.39 is 0 Å². The monoisotopic (exact) mass is 384 g/mol. The minimum atomic E-state index is 0.796. The SMILES string of the molecule is S=C(NCCc1ccccc1)N(CCN1CCOCC1)Cc1ccncc1. The van der Waals surface area contributed by atoms with Gasteiger partial charge in [0.1, 0.15) is 0 Å². The molecule has 1 fully saturated rings. The molecule has 0 spiro atoms. The number of aromatic nitrogens is 1. The second-order valence-corrected chi connectivity index (χ2v) is 7.09. The van der Waals surface area contributed by atoms with Gasteiger partial charge >= 0.3 is 0 Å². The van der Waals surface area contributed by atoms with E-state index in [0.717, 1.165) is 64.0 Å². The lowest BCUT2D eigenvalue weighted by atomic mass is 10.1. The maximum atomic E-state index is 5.71. The van der Waals surface area contributed by atoms with Crippen molar-refractivity contribution in [3.8, 4) is 0 Å². The van der Waals surface area contributed by atoms with Gasteiger partial charge in [-0.05, 0) is 41.9 Å². The van der Waals surface area contributed by atoms with Crippen LogP contribution in [0.2, 0.25) is 0 Å². The molecule has 0 amide bonds. The standard InChI is InChI=1S/C21H28N4OS/c27-21(23-11-8-19-4-2-1-3-5-19)25(18-20-6-9-22-10-7-20)13-12-24-14-16-26-17-15-24/h1-7,9-10H,8,11-18H2,(H,23,27). The number of rotatable bonds is 8. The van der Waals surface area contributed by atoms with E-state index in [1.54, 1.807) is 0 Å². The minimum Gasteiger partial charge on any atom is -0.379 e. The molecule has 144 valence electrons. The molecule has 1 aromatic heterocycles. The molecule has 1 saturated heterocycles. The Morgan fingerprint density at radius 2 is 1.81 bits per heavy atom. The number of nitrogens with one attached hydrogen (secondary N) is 1. The fraction of sp³-hybridized carbons (Fsp3) is 0.429. The van der Waals surface area contributed by atoms with Crippen LogP contribution in [0.5, 0.6) is 0 Å².